The number of nitrogens with zero attached hydrogens (tertiary/aromatic N) is 2. The Labute approximate surface area is 124 Å². The summed E-state index contributed by atoms with van der Waals surface area (Å²) in [4.78, 5) is 38.1. The smallest absolute Gasteiger partial charge is 0.409 e. The molecule has 0 spiro atoms. The Balaban J connectivity index is 2.35. The van der Waals surface area contributed by atoms with Gasteiger partial charge in [-0.1, -0.05) is 13.8 Å². The molecule has 0 bridgehead atoms. The summed E-state index contributed by atoms with van der Waals surface area (Å²) in [5.41, 5.74) is 5.70. The largest absolute Gasteiger partial charge is 0.453 e. The van der Waals surface area contributed by atoms with Crippen molar-refractivity contribution < 1.29 is 19.1 Å². The van der Waals surface area contributed by atoms with E-state index >= 15 is 0 Å². The third kappa shape index (κ3) is 4.89. The quantitative estimate of drug-likeness (QED) is 0.692. The van der Waals surface area contributed by atoms with Crippen molar-refractivity contribution in [2.24, 2.45) is 11.7 Å². The molecule has 0 unspecified atom stereocenters. The summed E-state index contributed by atoms with van der Waals surface area (Å²) in [5.74, 6) is -0.487. The molecule has 1 fully saturated rings. The number of amides is 3. The average molecular weight is 300 g/mol. The first-order chi connectivity index (χ1) is 9.86. The number of piperazine rings is 1. The molecular weight excluding hydrogens is 276 g/mol. The molecule has 0 aromatic carbocycles. The van der Waals surface area contributed by atoms with Crippen molar-refractivity contribution in [2.75, 3.05) is 39.8 Å². The third-order valence-corrected chi connectivity index (χ3v) is 3.50. The maximum absolute atomic E-state index is 12.0. The SMILES string of the molecule is COC(=O)N1CCN(C(=O)CNC(=O)[C@@H](N)C(C)C)CC1. The minimum absolute atomic E-state index is 0.0173. The number of hydrogen-bond donors (Lipinski definition) is 2. The second-order valence-corrected chi connectivity index (χ2v) is 5.33. The summed E-state index contributed by atoms with van der Waals surface area (Å²) in [6, 6.07) is -0.617. The zero-order chi connectivity index (χ0) is 16.0. The Morgan fingerprint density at radius 3 is 2.14 bits per heavy atom. The first-order valence-corrected chi connectivity index (χ1v) is 7.00. The van der Waals surface area contributed by atoms with E-state index in [1.165, 1.54) is 12.0 Å². The van der Waals surface area contributed by atoms with E-state index in [0.29, 0.717) is 26.2 Å². The summed E-state index contributed by atoms with van der Waals surface area (Å²) in [6.45, 7) is 5.34. The maximum atomic E-state index is 12.0. The number of nitrogens with two attached hydrogens (primary N) is 1. The van der Waals surface area contributed by atoms with Gasteiger partial charge >= 0.3 is 6.09 Å². The average Bonchev–Trinajstić information content (AvgIpc) is 2.50. The Morgan fingerprint density at radius 1 is 1.14 bits per heavy atom. The lowest BCUT2D eigenvalue weighted by Gasteiger charge is -2.33. The minimum Gasteiger partial charge on any atom is -0.453 e. The molecule has 0 aromatic heterocycles. The van der Waals surface area contributed by atoms with Crippen molar-refractivity contribution in [3.8, 4) is 0 Å². The first-order valence-electron chi connectivity index (χ1n) is 7.00. The Kier molecular flexibility index (Phi) is 6.41. The summed E-state index contributed by atoms with van der Waals surface area (Å²) in [5, 5.41) is 2.55. The normalized spacial score (nSPS) is 16.6. The molecule has 1 saturated heterocycles. The molecule has 0 aromatic rings. The van der Waals surface area contributed by atoms with E-state index in [9.17, 15) is 14.4 Å². The molecule has 1 atom stereocenters. The van der Waals surface area contributed by atoms with Gasteiger partial charge in [0.15, 0.2) is 0 Å². The Morgan fingerprint density at radius 2 is 1.67 bits per heavy atom. The van der Waals surface area contributed by atoms with Crippen molar-refractivity contribution in [3.05, 3.63) is 0 Å². The van der Waals surface area contributed by atoms with Crippen LogP contribution >= 0.6 is 0 Å². The van der Waals surface area contributed by atoms with Crippen LogP contribution in [-0.4, -0.2) is 73.6 Å². The van der Waals surface area contributed by atoms with Gasteiger partial charge in [-0.2, -0.15) is 0 Å². The van der Waals surface area contributed by atoms with Crippen LogP contribution in [-0.2, 0) is 14.3 Å². The van der Waals surface area contributed by atoms with Crippen molar-refractivity contribution in [2.45, 2.75) is 19.9 Å². The second-order valence-electron chi connectivity index (χ2n) is 5.33. The van der Waals surface area contributed by atoms with Crippen molar-refractivity contribution in [3.63, 3.8) is 0 Å². The molecule has 3 amide bonds. The zero-order valence-electron chi connectivity index (χ0n) is 12.8. The van der Waals surface area contributed by atoms with Crippen molar-refractivity contribution in [1.82, 2.24) is 15.1 Å². The van der Waals surface area contributed by atoms with Crippen LogP contribution in [0.4, 0.5) is 4.79 Å². The lowest BCUT2D eigenvalue weighted by Crippen LogP contribution is -2.53. The molecule has 0 aliphatic carbocycles. The molecule has 0 radical (unpaired) electrons. The van der Waals surface area contributed by atoms with Gasteiger partial charge in [0.1, 0.15) is 0 Å². The van der Waals surface area contributed by atoms with E-state index in [2.05, 4.69) is 10.1 Å². The predicted molar refractivity (Wildman–Crippen MR) is 76.4 cm³/mol. The molecule has 1 rings (SSSR count). The van der Waals surface area contributed by atoms with Gasteiger partial charge in [-0.3, -0.25) is 9.59 Å². The van der Waals surface area contributed by atoms with Crippen LogP contribution in [0.15, 0.2) is 0 Å². The van der Waals surface area contributed by atoms with Crippen LogP contribution in [0.5, 0.6) is 0 Å². The fraction of sp³-hybridized carbons (Fsp3) is 0.769. The van der Waals surface area contributed by atoms with E-state index in [0.717, 1.165) is 0 Å². The molecule has 3 N–H and O–H groups in total. The van der Waals surface area contributed by atoms with Gasteiger partial charge in [0.25, 0.3) is 0 Å². The van der Waals surface area contributed by atoms with Gasteiger partial charge in [-0.15, -0.1) is 0 Å². The van der Waals surface area contributed by atoms with Gasteiger partial charge in [0, 0.05) is 26.2 Å². The van der Waals surface area contributed by atoms with Crippen LogP contribution < -0.4 is 11.1 Å². The lowest BCUT2D eigenvalue weighted by molar-refractivity contribution is -0.134. The van der Waals surface area contributed by atoms with Crippen LogP contribution in [0.1, 0.15) is 13.8 Å². The standard InChI is InChI=1S/C13H24N4O4/c1-9(2)11(14)12(19)15-8-10(18)16-4-6-17(7-5-16)13(20)21-3/h9,11H,4-8,14H2,1-3H3,(H,15,19)/t11-/m0/s1. The van der Waals surface area contributed by atoms with E-state index in [-0.39, 0.29) is 24.3 Å². The Hall–Kier alpha value is -1.83. The number of rotatable bonds is 4. The number of ether oxygens (including phenoxy) is 1. The molecule has 1 heterocycles. The van der Waals surface area contributed by atoms with Gasteiger partial charge in [0.2, 0.25) is 11.8 Å². The topological polar surface area (TPSA) is 105 Å². The second kappa shape index (κ2) is 7.82. The summed E-state index contributed by atoms with van der Waals surface area (Å²) in [7, 11) is 1.33. The number of nitrogens with one attached hydrogen (secondary N) is 1. The van der Waals surface area contributed by atoms with E-state index in [1.54, 1.807) is 4.90 Å². The van der Waals surface area contributed by atoms with Crippen LogP contribution in [0.2, 0.25) is 0 Å². The van der Waals surface area contributed by atoms with Gasteiger partial charge in [0.05, 0.1) is 19.7 Å². The minimum atomic E-state index is -0.617. The number of hydrogen-bond acceptors (Lipinski definition) is 5. The maximum Gasteiger partial charge on any atom is 0.409 e. The summed E-state index contributed by atoms with van der Waals surface area (Å²) < 4.78 is 4.63. The fourth-order valence-electron chi connectivity index (χ4n) is 1.96. The zero-order valence-corrected chi connectivity index (χ0v) is 12.8. The molecule has 120 valence electrons. The highest BCUT2D eigenvalue weighted by Crippen LogP contribution is 2.04. The van der Waals surface area contributed by atoms with E-state index in [1.807, 2.05) is 13.8 Å². The molecule has 8 heteroatoms. The Bertz CT molecular complexity index is 392. The highest BCUT2D eigenvalue weighted by molar-refractivity contribution is 5.87. The molecule has 8 nitrogen and oxygen atoms in total. The highest BCUT2D eigenvalue weighted by Gasteiger charge is 2.25. The van der Waals surface area contributed by atoms with Crippen LogP contribution in [0, 0.1) is 5.92 Å². The number of methoxy groups -OCH3 is 1. The summed E-state index contributed by atoms with van der Waals surface area (Å²) >= 11 is 0. The molecule has 1 aliphatic rings. The van der Waals surface area contributed by atoms with E-state index < -0.39 is 12.1 Å². The third-order valence-electron chi connectivity index (χ3n) is 3.50. The number of carbonyl (C=O) groups excluding carboxylic acids is 3. The molecule has 0 saturated carbocycles. The van der Waals surface area contributed by atoms with Crippen LogP contribution in [0.3, 0.4) is 0 Å². The van der Waals surface area contributed by atoms with Gasteiger partial charge < -0.3 is 25.6 Å². The predicted octanol–water partition coefficient (Wildman–Crippen LogP) is -1.00. The fourth-order valence-corrected chi connectivity index (χ4v) is 1.96. The monoisotopic (exact) mass is 300 g/mol. The van der Waals surface area contributed by atoms with Gasteiger partial charge in [-0.25, -0.2) is 4.79 Å². The summed E-state index contributed by atoms with van der Waals surface area (Å²) in [6.07, 6.45) is -0.390. The molecule has 1 aliphatic heterocycles. The first kappa shape index (κ1) is 17.2. The molecule has 21 heavy (non-hydrogen) atoms. The molecular formula is C13H24N4O4. The lowest BCUT2D eigenvalue weighted by atomic mass is 10.1. The highest BCUT2D eigenvalue weighted by atomic mass is 16.5. The van der Waals surface area contributed by atoms with Gasteiger partial charge in [-0.05, 0) is 5.92 Å². The van der Waals surface area contributed by atoms with Crippen molar-refractivity contribution >= 4 is 17.9 Å². The van der Waals surface area contributed by atoms with Crippen molar-refractivity contribution in [1.29, 1.82) is 0 Å². The number of carbonyl (C=O) groups is 3. The van der Waals surface area contributed by atoms with Crippen LogP contribution in [0.25, 0.3) is 0 Å². The van der Waals surface area contributed by atoms with E-state index in [4.69, 9.17) is 5.73 Å².